The van der Waals surface area contributed by atoms with Crippen LogP contribution in [0.3, 0.4) is 0 Å². The third-order valence-corrected chi connectivity index (χ3v) is 3.03. The summed E-state index contributed by atoms with van der Waals surface area (Å²) in [5.41, 5.74) is 6.09. The first-order chi connectivity index (χ1) is 8.63. The fourth-order valence-electron chi connectivity index (χ4n) is 2.00. The zero-order valence-corrected chi connectivity index (χ0v) is 10.7. The number of hydrogen-bond acceptors (Lipinski definition) is 3. The van der Waals surface area contributed by atoms with Gasteiger partial charge in [0.25, 0.3) is 5.91 Å². The van der Waals surface area contributed by atoms with E-state index in [4.69, 9.17) is 10.5 Å². The molecule has 0 spiro atoms. The lowest BCUT2D eigenvalue weighted by Gasteiger charge is -2.15. The number of carbonyl (C=O) groups is 1. The predicted molar refractivity (Wildman–Crippen MR) is 71.6 cm³/mol. The number of primary amides is 1. The standard InChI is InChI=1S/C14H20N2O2/c1-10(8-11-2-3-11)16-12-4-6-13(7-5-12)18-9-14(15)17/h4-7,10-11,16H,2-3,8-9H2,1H3,(H2,15,17). The number of benzene rings is 1. The van der Waals surface area contributed by atoms with Gasteiger partial charge in [-0.3, -0.25) is 4.79 Å². The summed E-state index contributed by atoms with van der Waals surface area (Å²) in [5.74, 6) is 1.12. The normalized spacial score (nSPS) is 16.1. The van der Waals surface area contributed by atoms with Crippen LogP contribution in [-0.4, -0.2) is 18.6 Å². The van der Waals surface area contributed by atoms with Crippen LogP contribution in [0, 0.1) is 5.92 Å². The van der Waals surface area contributed by atoms with Gasteiger partial charge in [-0.05, 0) is 43.5 Å². The molecule has 0 saturated heterocycles. The Morgan fingerprint density at radius 1 is 1.44 bits per heavy atom. The summed E-state index contributed by atoms with van der Waals surface area (Å²) in [7, 11) is 0. The van der Waals surface area contributed by atoms with Crippen molar-refractivity contribution < 1.29 is 9.53 Å². The van der Waals surface area contributed by atoms with E-state index >= 15 is 0 Å². The van der Waals surface area contributed by atoms with Crippen molar-refractivity contribution in [3.05, 3.63) is 24.3 Å². The molecule has 0 bridgehead atoms. The second kappa shape index (κ2) is 5.76. The highest BCUT2D eigenvalue weighted by Crippen LogP contribution is 2.34. The average Bonchev–Trinajstić information content (AvgIpc) is 3.12. The number of carbonyl (C=O) groups excluding carboxylic acids is 1. The molecule has 1 aliphatic carbocycles. The fourth-order valence-corrected chi connectivity index (χ4v) is 2.00. The minimum absolute atomic E-state index is 0.0785. The van der Waals surface area contributed by atoms with Gasteiger partial charge in [-0.15, -0.1) is 0 Å². The van der Waals surface area contributed by atoms with Crippen molar-refractivity contribution in [3.8, 4) is 5.75 Å². The van der Waals surface area contributed by atoms with E-state index in [2.05, 4.69) is 12.2 Å². The predicted octanol–water partition coefficient (Wildman–Crippen LogP) is 2.15. The largest absolute Gasteiger partial charge is 0.484 e. The Kier molecular flexibility index (Phi) is 4.07. The maximum atomic E-state index is 10.6. The lowest BCUT2D eigenvalue weighted by atomic mass is 10.1. The van der Waals surface area contributed by atoms with Crippen molar-refractivity contribution in [2.45, 2.75) is 32.2 Å². The van der Waals surface area contributed by atoms with E-state index in [0.29, 0.717) is 11.8 Å². The molecule has 0 aliphatic heterocycles. The molecule has 1 aromatic rings. The molecule has 1 aliphatic rings. The average molecular weight is 248 g/mol. The van der Waals surface area contributed by atoms with Crippen molar-refractivity contribution in [2.24, 2.45) is 11.7 Å². The van der Waals surface area contributed by atoms with Gasteiger partial charge in [-0.2, -0.15) is 0 Å². The van der Waals surface area contributed by atoms with Gasteiger partial charge in [-0.25, -0.2) is 0 Å². The smallest absolute Gasteiger partial charge is 0.255 e. The van der Waals surface area contributed by atoms with Crippen LogP contribution >= 0.6 is 0 Å². The van der Waals surface area contributed by atoms with Gasteiger partial charge >= 0.3 is 0 Å². The molecule has 0 radical (unpaired) electrons. The molecule has 1 amide bonds. The van der Waals surface area contributed by atoms with E-state index in [1.807, 2.05) is 24.3 Å². The maximum absolute atomic E-state index is 10.6. The number of nitrogens with two attached hydrogens (primary N) is 1. The first-order valence-corrected chi connectivity index (χ1v) is 6.41. The van der Waals surface area contributed by atoms with Crippen LogP contribution in [0.25, 0.3) is 0 Å². The van der Waals surface area contributed by atoms with E-state index in [-0.39, 0.29) is 6.61 Å². The van der Waals surface area contributed by atoms with Crippen molar-refractivity contribution in [1.29, 1.82) is 0 Å². The molecule has 4 nitrogen and oxygen atoms in total. The Labute approximate surface area is 108 Å². The number of nitrogens with one attached hydrogen (secondary N) is 1. The topological polar surface area (TPSA) is 64.3 Å². The molecule has 0 aromatic heterocycles. The van der Waals surface area contributed by atoms with Gasteiger partial charge in [-0.1, -0.05) is 12.8 Å². The summed E-state index contributed by atoms with van der Waals surface area (Å²) >= 11 is 0. The third kappa shape index (κ3) is 4.28. The van der Waals surface area contributed by atoms with E-state index < -0.39 is 5.91 Å². The molecule has 4 heteroatoms. The Morgan fingerprint density at radius 2 is 2.11 bits per heavy atom. The van der Waals surface area contributed by atoms with Gasteiger partial charge in [0.1, 0.15) is 5.75 Å². The Morgan fingerprint density at radius 3 is 2.67 bits per heavy atom. The second-order valence-corrected chi connectivity index (χ2v) is 5.00. The van der Waals surface area contributed by atoms with Crippen LogP contribution in [-0.2, 0) is 4.79 Å². The highest BCUT2D eigenvalue weighted by Gasteiger charge is 2.23. The Balaban J connectivity index is 1.80. The number of rotatable bonds is 7. The van der Waals surface area contributed by atoms with E-state index in [9.17, 15) is 4.79 Å². The Bertz CT molecular complexity index is 399. The summed E-state index contributed by atoms with van der Waals surface area (Å²) in [5, 5.41) is 3.46. The van der Waals surface area contributed by atoms with E-state index in [1.54, 1.807) is 0 Å². The maximum Gasteiger partial charge on any atom is 0.255 e. The molecule has 2 rings (SSSR count). The highest BCUT2D eigenvalue weighted by atomic mass is 16.5. The van der Waals surface area contributed by atoms with E-state index in [1.165, 1.54) is 19.3 Å². The molecule has 98 valence electrons. The zero-order chi connectivity index (χ0) is 13.0. The summed E-state index contributed by atoms with van der Waals surface area (Å²) < 4.78 is 5.20. The number of anilines is 1. The van der Waals surface area contributed by atoms with E-state index in [0.717, 1.165) is 11.6 Å². The van der Waals surface area contributed by atoms with Crippen LogP contribution in [0.15, 0.2) is 24.3 Å². The van der Waals surface area contributed by atoms with Crippen LogP contribution in [0.1, 0.15) is 26.2 Å². The molecule has 1 saturated carbocycles. The zero-order valence-electron chi connectivity index (χ0n) is 10.7. The minimum atomic E-state index is -0.463. The summed E-state index contributed by atoms with van der Waals surface area (Å²) in [4.78, 5) is 10.6. The molecular formula is C14H20N2O2. The van der Waals surface area contributed by atoms with Gasteiger partial charge in [0, 0.05) is 11.7 Å². The minimum Gasteiger partial charge on any atom is -0.484 e. The molecule has 1 aromatic carbocycles. The first kappa shape index (κ1) is 12.7. The third-order valence-electron chi connectivity index (χ3n) is 3.03. The van der Waals surface area contributed by atoms with Crippen LogP contribution in [0.5, 0.6) is 5.75 Å². The number of hydrogen-bond donors (Lipinski definition) is 2. The Hall–Kier alpha value is -1.71. The van der Waals surface area contributed by atoms with Gasteiger partial charge in [0.05, 0.1) is 0 Å². The van der Waals surface area contributed by atoms with Crippen molar-refractivity contribution in [3.63, 3.8) is 0 Å². The summed E-state index contributed by atoms with van der Waals surface area (Å²) in [6.45, 7) is 2.13. The summed E-state index contributed by atoms with van der Waals surface area (Å²) in [6.07, 6.45) is 4.00. The number of ether oxygens (including phenoxy) is 1. The molecule has 18 heavy (non-hydrogen) atoms. The van der Waals surface area contributed by atoms with Gasteiger partial charge in [0.2, 0.25) is 0 Å². The molecule has 1 unspecified atom stereocenters. The van der Waals surface area contributed by atoms with Gasteiger partial charge < -0.3 is 15.8 Å². The SMILES string of the molecule is CC(CC1CC1)Nc1ccc(OCC(N)=O)cc1. The molecule has 3 N–H and O–H groups in total. The van der Waals surface area contributed by atoms with Crippen molar-refractivity contribution in [2.75, 3.05) is 11.9 Å². The summed E-state index contributed by atoms with van der Waals surface area (Å²) in [6, 6.07) is 8.10. The first-order valence-electron chi connectivity index (χ1n) is 6.41. The van der Waals surface area contributed by atoms with Crippen molar-refractivity contribution >= 4 is 11.6 Å². The lowest BCUT2D eigenvalue weighted by Crippen LogP contribution is -2.20. The highest BCUT2D eigenvalue weighted by molar-refractivity contribution is 5.75. The second-order valence-electron chi connectivity index (χ2n) is 5.00. The number of amides is 1. The molecule has 1 atom stereocenters. The van der Waals surface area contributed by atoms with Gasteiger partial charge in [0.15, 0.2) is 6.61 Å². The van der Waals surface area contributed by atoms with Crippen molar-refractivity contribution in [1.82, 2.24) is 0 Å². The lowest BCUT2D eigenvalue weighted by molar-refractivity contribution is -0.119. The quantitative estimate of drug-likeness (QED) is 0.777. The molecule has 1 fully saturated rings. The van der Waals surface area contributed by atoms with Crippen LogP contribution in [0.2, 0.25) is 0 Å². The monoisotopic (exact) mass is 248 g/mol. The van der Waals surface area contributed by atoms with Crippen LogP contribution < -0.4 is 15.8 Å². The van der Waals surface area contributed by atoms with Crippen LogP contribution in [0.4, 0.5) is 5.69 Å². The molecule has 0 heterocycles. The molecular weight excluding hydrogens is 228 g/mol. The fraction of sp³-hybridized carbons (Fsp3) is 0.500.